The van der Waals surface area contributed by atoms with Crippen molar-refractivity contribution in [3.05, 3.63) is 65.9 Å². The molecule has 2 heterocycles. The van der Waals surface area contributed by atoms with Gasteiger partial charge in [0.25, 0.3) is 5.91 Å². The zero-order valence-electron chi connectivity index (χ0n) is 22.7. The highest BCUT2D eigenvalue weighted by Crippen LogP contribution is 2.41. The van der Waals surface area contributed by atoms with Crippen LogP contribution in [0.25, 0.3) is 11.3 Å². The van der Waals surface area contributed by atoms with E-state index < -0.39 is 5.82 Å². The van der Waals surface area contributed by atoms with E-state index in [0.29, 0.717) is 11.1 Å². The fourth-order valence-corrected chi connectivity index (χ4v) is 4.46. The maximum Gasteiger partial charge on any atom is 0.252 e. The number of amides is 2. The number of hydrogen-bond donors (Lipinski definition) is 3. The highest BCUT2D eigenvalue weighted by atomic mass is 19.1. The second-order valence-electron chi connectivity index (χ2n) is 11.0. The molecule has 1 aromatic carbocycles. The molecule has 1 saturated carbocycles. The van der Waals surface area contributed by atoms with Gasteiger partial charge in [-0.3, -0.25) is 9.59 Å². The standard InChI is InChI=1S/C30H35FN6O2/c1-6-13-32-27(38)21-9-7-20(8-10-21)26-24(31)17-34-29(36-26)35-25(23-16-19(23)2)18-33-22-11-14-37(15-12-22)28(39)30(3,4)5/h1,7-10,17-18,22-23,33H,2,11-16H2,3-5H3,(H,32,38)(H,34,35,36)/b25-18+. The van der Waals surface area contributed by atoms with Crippen LogP contribution in [0, 0.1) is 29.5 Å². The van der Waals surface area contributed by atoms with Gasteiger partial charge in [0, 0.05) is 53.5 Å². The average molecular weight is 531 g/mol. The number of piperidine rings is 1. The van der Waals surface area contributed by atoms with Gasteiger partial charge in [-0.05, 0) is 31.4 Å². The van der Waals surface area contributed by atoms with E-state index in [-0.39, 0.29) is 47.4 Å². The maximum absolute atomic E-state index is 14.7. The normalized spacial score (nSPS) is 17.8. The number of hydrogen-bond acceptors (Lipinski definition) is 6. The minimum atomic E-state index is -0.568. The number of likely N-dealkylation sites (tertiary alicyclic amines) is 1. The Labute approximate surface area is 229 Å². The molecule has 1 unspecified atom stereocenters. The Morgan fingerprint density at radius 1 is 1.23 bits per heavy atom. The first kappa shape index (κ1) is 27.8. The predicted molar refractivity (Wildman–Crippen MR) is 150 cm³/mol. The minimum absolute atomic E-state index is 0.126. The van der Waals surface area contributed by atoms with Gasteiger partial charge in [-0.1, -0.05) is 51.0 Å². The lowest BCUT2D eigenvalue weighted by atomic mass is 9.93. The molecule has 1 atom stereocenters. The van der Waals surface area contributed by atoms with Gasteiger partial charge in [-0.2, -0.15) is 0 Å². The number of nitrogens with one attached hydrogen (secondary N) is 3. The van der Waals surface area contributed by atoms with Crippen LogP contribution in [0.5, 0.6) is 0 Å². The summed E-state index contributed by atoms with van der Waals surface area (Å²) in [5, 5.41) is 9.33. The van der Waals surface area contributed by atoms with Crippen LogP contribution in [0.3, 0.4) is 0 Å². The smallest absolute Gasteiger partial charge is 0.252 e. The SMILES string of the molecule is C#CCNC(=O)c1ccc(-c2nc(N/C(=C/NC3CCN(C(=O)C(C)(C)C)CC3)C3CC3=C)ncc2F)cc1. The molecule has 2 fully saturated rings. The van der Waals surface area contributed by atoms with Crippen molar-refractivity contribution in [3.8, 4) is 23.6 Å². The second-order valence-corrected chi connectivity index (χ2v) is 11.0. The summed E-state index contributed by atoms with van der Waals surface area (Å²) >= 11 is 0. The predicted octanol–water partition coefficient (Wildman–Crippen LogP) is 4.10. The topological polar surface area (TPSA) is 99.2 Å². The van der Waals surface area contributed by atoms with Crippen molar-refractivity contribution in [2.45, 2.75) is 46.1 Å². The molecule has 1 saturated heterocycles. The summed E-state index contributed by atoms with van der Waals surface area (Å²) in [6.07, 6.45) is 10.8. The summed E-state index contributed by atoms with van der Waals surface area (Å²) in [6.45, 7) is 11.5. The van der Waals surface area contributed by atoms with Gasteiger partial charge in [-0.15, -0.1) is 6.42 Å². The van der Waals surface area contributed by atoms with Crippen LogP contribution in [0.15, 0.2) is 54.5 Å². The van der Waals surface area contributed by atoms with Crippen LogP contribution >= 0.6 is 0 Å². The Bertz CT molecular complexity index is 1310. The van der Waals surface area contributed by atoms with Crippen molar-refractivity contribution in [2.24, 2.45) is 11.3 Å². The first-order chi connectivity index (χ1) is 18.6. The van der Waals surface area contributed by atoms with Crippen molar-refractivity contribution < 1.29 is 14.0 Å². The van der Waals surface area contributed by atoms with Gasteiger partial charge in [-0.25, -0.2) is 14.4 Å². The quantitative estimate of drug-likeness (QED) is 0.351. The fraction of sp³-hybridized carbons (Fsp3) is 0.400. The number of halogens is 1. The molecule has 2 aromatic rings. The molecule has 9 heteroatoms. The van der Waals surface area contributed by atoms with Gasteiger partial charge < -0.3 is 20.9 Å². The number of terminal acetylenes is 1. The van der Waals surface area contributed by atoms with Gasteiger partial charge in [0.05, 0.1) is 12.7 Å². The first-order valence-electron chi connectivity index (χ1n) is 13.1. The third-order valence-electron chi connectivity index (χ3n) is 6.84. The lowest BCUT2D eigenvalue weighted by Crippen LogP contribution is -2.47. The number of benzene rings is 1. The van der Waals surface area contributed by atoms with Crippen molar-refractivity contribution in [3.63, 3.8) is 0 Å². The summed E-state index contributed by atoms with van der Waals surface area (Å²) in [5.41, 5.74) is 2.65. The van der Waals surface area contributed by atoms with Crippen LogP contribution in [0.4, 0.5) is 10.3 Å². The molecule has 0 radical (unpaired) electrons. The maximum atomic E-state index is 14.7. The van der Waals surface area contributed by atoms with Crippen LogP contribution in [-0.4, -0.2) is 52.4 Å². The number of aromatic nitrogens is 2. The summed E-state index contributed by atoms with van der Waals surface area (Å²) < 4.78 is 14.7. The van der Waals surface area contributed by atoms with Gasteiger partial charge in [0.2, 0.25) is 11.9 Å². The number of carbonyl (C=O) groups excluding carboxylic acids is 2. The molecule has 0 bridgehead atoms. The van der Waals surface area contributed by atoms with Gasteiger partial charge in [0.1, 0.15) is 5.69 Å². The van der Waals surface area contributed by atoms with Crippen LogP contribution in [0.1, 0.15) is 50.4 Å². The molecule has 0 spiro atoms. The number of nitrogens with zero attached hydrogens (tertiary/aromatic N) is 3. The molecule has 1 aliphatic heterocycles. The molecule has 2 aliphatic rings. The number of carbonyl (C=O) groups is 2. The Morgan fingerprint density at radius 2 is 1.90 bits per heavy atom. The summed E-state index contributed by atoms with van der Waals surface area (Å²) in [7, 11) is 0. The summed E-state index contributed by atoms with van der Waals surface area (Å²) in [4.78, 5) is 35.2. The first-order valence-corrected chi connectivity index (χ1v) is 13.1. The molecule has 8 nitrogen and oxygen atoms in total. The zero-order valence-corrected chi connectivity index (χ0v) is 22.7. The van der Waals surface area contributed by atoms with Crippen molar-refractivity contribution in [2.75, 3.05) is 25.0 Å². The van der Waals surface area contributed by atoms with E-state index in [0.717, 1.165) is 49.8 Å². The molecule has 204 valence electrons. The summed E-state index contributed by atoms with van der Waals surface area (Å²) in [5.74, 6) is 2.08. The number of rotatable bonds is 8. The molecule has 39 heavy (non-hydrogen) atoms. The zero-order chi connectivity index (χ0) is 28.2. The van der Waals surface area contributed by atoms with E-state index >= 15 is 0 Å². The molecular weight excluding hydrogens is 495 g/mol. The molecular formula is C30H35FN6O2. The molecule has 1 aliphatic carbocycles. The Kier molecular flexibility index (Phi) is 8.34. The highest BCUT2D eigenvalue weighted by molar-refractivity contribution is 5.94. The minimum Gasteiger partial charge on any atom is -0.387 e. The lowest BCUT2D eigenvalue weighted by Gasteiger charge is -2.36. The fourth-order valence-electron chi connectivity index (χ4n) is 4.46. The van der Waals surface area contributed by atoms with E-state index in [1.54, 1.807) is 24.3 Å². The highest BCUT2D eigenvalue weighted by Gasteiger charge is 2.33. The van der Waals surface area contributed by atoms with E-state index in [4.69, 9.17) is 6.42 Å². The largest absolute Gasteiger partial charge is 0.387 e. The molecule has 1 aromatic heterocycles. The molecule has 4 rings (SSSR count). The second kappa shape index (κ2) is 11.7. The van der Waals surface area contributed by atoms with Crippen LogP contribution in [-0.2, 0) is 4.79 Å². The Balaban J connectivity index is 1.43. The van der Waals surface area contributed by atoms with Crippen molar-refractivity contribution in [1.82, 2.24) is 25.5 Å². The Hall–Kier alpha value is -4.19. The van der Waals surface area contributed by atoms with Crippen molar-refractivity contribution in [1.29, 1.82) is 0 Å². The third kappa shape index (κ3) is 7.02. The number of allylic oxidation sites excluding steroid dienone is 1. The average Bonchev–Trinajstić information content (AvgIpc) is 3.66. The number of anilines is 1. The van der Waals surface area contributed by atoms with Crippen LogP contribution < -0.4 is 16.0 Å². The molecule has 3 N–H and O–H groups in total. The lowest BCUT2D eigenvalue weighted by molar-refractivity contribution is -0.140. The monoisotopic (exact) mass is 530 g/mol. The van der Waals surface area contributed by atoms with Gasteiger partial charge >= 0.3 is 0 Å². The van der Waals surface area contributed by atoms with E-state index in [1.807, 2.05) is 31.9 Å². The van der Waals surface area contributed by atoms with Crippen molar-refractivity contribution >= 4 is 17.8 Å². The van der Waals surface area contributed by atoms with Gasteiger partial charge in [0.15, 0.2) is 5.82 Å². The summed E-state index contributed by atoms with van der Waals surface area (Å²) in [6, 6.07) is 6.70. The third-order valence-corrected chi connectivity index (χ3v) is 6.84. The van der Waals surface area contributed by atoms with E-state index in [1.165, 1.54) is 0 Å². The van der Waals surface area contributed by atoms with E-state index in [9.17, 15) is 14.0 Å². The van der Waals surface area contributed by atoms with Crippen LogP contribution in [0.2, 0.25) is 0 Å². The molecule has 2 amide bonds. The van der Waals surface area contributed by atoms with E-state index in [2.05, 4.69) is 38.4 Å². The Morgan fingerprint density at radius 3 is 2.49 bits per heavy atom.